The van der Waals surface area contributed by atoms with E-state index in [2.05, 4.69) is 30.9 Å². The van der Waals surface area contributed by atoms with Crippen LogP contribution in [0.25, 0.3) is 0 Å². The molecule has 0 unspecified atom stereocenters. The largest absolute Gasteiger partial charge is 0.356 e. The summed E-state index contributed by atoms with van der Waals surface area (Å²) in [7, 11) is -1.06. The van der Waals surface area contributed by atoms with Crippen molar-refractivity contribution in [3.05, 3.63) is 16.1 Å². The van der Waals surface area contributed by atoms with E-state index in [1.807, 2.05) is 6.92 Å². The molecule has 2 N–H and O–H groups in total. The molecular formula is C14H26IN5O2S2. The van der Waals surface area contributed by atoms with Crippen molar-refractivity contribution in [2.45, 2.75) is 13.3 Å². The normalized spacial score (nSPS) is 18.0. The first-order valence-corrected chi connectivity index (χ1v) is 10.5. The second kappa shape index (κ2) is 10.5. The molecule has 1 saturated heterocycles. The molecule has 0 saturated carbocycles. The zero-order valence-electron chi connectivity index (χ0n) is 14.1. The summed E-state index contributed by atoms with van der Waals surface area (Å²) >= 11 is 1.67. The number of aromatic nitrogens is 1. The molecule has 24 heavy (non-hydrogen) atoms. The first kappa shape index (κ1) is 21.6. The average molecular weight is 487 g/mol. The fourth-order valence-electron chi connectivity index (χ4n) is 2.36. The fourth-order valence-corrected chi connectivity index (χ4v) is 4.28. The number of hydrogen-bond donors (Lipinski definition) is 2. The van der Waals surface area contributed by atoms with Crippen LogP contribution in [0.5, 0.6) is 0 Å². The van der Waals surface area contributed by atoms with Gasteiger partial charge in [0.1, 0.15) is 0 Å². The molecule has 10 heteroatoms. The van der Waals surface area contributed by atoms with E-state index >= 15 is 0 Å². The van der Waals surface area contributed by atoms with Gasteiger partial charge in [-0.05, 0) is 6.92 Å². The zero-order chi connectivity index (χ0) is 16.7. The summed E-state index contributed by atoms with van der Waals surface area (Å²) < 4.78 is 22.8. The van der Waals surface area contributed by atoms with Crippen LogP contribution in [0, 0.1) is 6.92 Å². The number of thiazole rings is 1. The van der Waals surface area contributed by atoms with E-state index in [1.54, 1.807) is 18.4 Å². The van der Waals surface area contributed by atoms with Crippen LogP contribution < -0.4 is 10.6 Å². The Morgan fingerprint density at radius 1 is 1.33 bits per heavy atom. The van der Waals surface area contributed by atoms with E-state index in [0.717, 1.165) is 42.7 Å². The minimum absolute atomic E-state index is 0. The molecule has 2 rings (SSSR count). The molecule has 0 radical (unpaired) electrons. The SMILES string of the molecule is CN=C(NCCc1csc(C)n1)NCCN1CCS(=O)(=O)CC1.I. The number of nitrogens with zero attached hydrogens (tertiary/aromatic N) is 3. The van der Waals surface area contributed by atoms with Gasteiger partial charge < -0.3 is 10.6 Å². The van der Waals surface area contributed by atoms with Gasteiger partial charge in [-0.15, -0.1) is 35.3 Å². The third kappa shape index (κ3) is 7.62. The van der Waals surface area contributed by atoms with Crippen molar-refractivity contribution in [3.8, 4) is 0 Å². The molecule has 1 aromatic heterocycles. The molecule has 0 spiro atoms. The van der Waals surface area contributed by atoms with Crippen LogP contribution >= 0.6 is 35.3 Å². The molecular weight excluding hydrogens is 461 g/mol. The Morgan fingerprint density at radius 2 is 2.00 bits per heavy atom. The van der Waals surface area contributed by atoms with Gasteiger partial charge in [0.05, 0.1) is 22.2 Å². The summed E-state index contributed by atoms with van der Waals surface area (Å²) in [5, 5.41) is 9.70. The molecule has 138 valence electrons. The molecule has 7 nitrogen and oxygen atoms in total. The second-order valence-corrected chi connectivity index (χ2v) is 8.89. The predicted octanol–water partition coefficient (Wildman–Crippen LogP) is 0.507. The number of nitrogens with one attached hydrogen (secondary N) is 2. The number of aliphatic imine (C=N–C) groups is 1. The Bertz CT molecular complexity index is 619. The first-order chi connectivity index (χ1) is 11.0. The van der Waals surface area contributed by atoms with E-state index in [1.165, 1.54) is 0 Å². The fraction of sp³-hybridized carbons (Fsp3) is 0.714. The lowest BCUT2D eigenvalue weighted by atomic mass is 10.3. The van der Waals surface area contributed by atoms with Crippen LogP contribution in [0.15, 0.2) is 10.4 Å². The Morgan fingerprint density at radius 3 is 2.58 bits per heavy atom. The van der Waals surface area contributed by atoms with Gasteiger partial charge in [-0.1, -0.05) is 0 Å². The molecule has 1 fully saturated rings. The molecule has 1 aliphatic rings. The molecule has 0 aliphatic carbocycles. The van der Waals surface area contributed by atoms with Crippen LogP contribution in [0.1, 0.15) is 10.7 Å². The van der Waals surface area contributed by atoms with Gasteiger partial charge in [-0.3, -0.25) is 9.89 Å². The molecule has 1 aliphatic heterocycles. The number of hydrogen-bond acceptors (Lipinski definition) is 6. The highest BCUT2D eigenvalue weighted by Crippen LogP contribution is 2.07. The van der Waals surface area contributed by atoms with Gasteiger partial charge in [-0.25, -0.2) is 13.4 Å². The lowest BCUT2D eigenvalue weighted by Gasteiger charge is -2.26. The number of sulfone groups is 1. The maximum atomic E-state index is 11.4. The van der Waals surface area contributed by atoms with E-state index in [-0.39, 0.29) is 35.5 Å². The molecule has 0 amide bonds. The summed E-state index contributed by atoms with van der Waals surface area (Å²) in [6.07, 6.45) is 0.870. The Labute approximate surface area is 165 Å². The Balaban J connectivity index is 0.00000288. The third-order valence-electron chi connectivity index (χ3n) is 3.72. The Hall–Kier alpha value is -0.460. The highest BCUT2D eigenvalue weighted by atomic mass is 127. The van der Waals surface area contributed by atoms with Crippen LogP contribution in [-0.2, 0) is 16.3 Å². The van der Waals surface area contributed by atoms with E-state index in [4.69, 9.17) is 0 Å². The monoisotopic (exact) mass is 487 g/mol. The van der Waals surface area contributed by atoms with Gasteiger partial charge in [0.15, 0.2) is 15.8 Å². The van der Waals surface area contributed by atoms with E-state index in [9.17, 15) is 8.42 Å². The summed E-state index contributed by atoms with van der Waals surface area (Å²) in [5.41, 5.74) is 1.10. The summed E-state index contributed by atoms with van der Waals surface area (Å²) in [6.45, 7) is 5.61. The molecule has 1 aromatic rings. The van der Waals surface area contributed by atoms with Crippen LogP contribution in [-0.4, -0.2) is 75.5 Å². The number of halogens is 1. The third-order valence-corrected chi connectivity index (χ3v) is 6.15. The van der Waals surface area contributed by atoms with E-state index < -0.39 is 9.84 Å². The van der Waals surface area contributed by atoms with Crippen molar-refractivity contribution in [3.63, 3.8) is 0 Å². The first-order valence-electron chi connectivity index (χ1n) is 7.77. The van der Waals surface area contributed by atoms with Gasteiger partial charge in [-0.2, -0.15) is 0 Å². The Kier molecular flexibility index (Phi) is 9.45. The molecule has 0 atom stereocenters. The summed E-state index contributed by atoms with van der Waals surface area (Å²) in [4.78, 5) is 10.8. The van der Waals surface area contributed by atoms with Crippen molar-refractivity contribution < 1.29 is 8.42 Å². The van der Waals surface area contributed by atoms with Crippen molar-refractivity contribution in [1.82, 2.24) is 20.5 Å². The van der Waals surface area contributed by atoms with Crippen molar-refractivity contribution >= 4 is 51.1 Å². The van der Waals surface area contributed by atoms with Crippen LogP contribution in [0.2, 0.25) is 0 Å². The van der Waals surface area contributed by atoms with Gasteiger partial charge in [0.2, 0.25) is 0 Å². The lowest BCUT2D eigenvalue weighted by Crippen LogP contribution is -2.46. The molecule has 0 aromatic carbocycles. The smallest absolute Gasteiger partial charge is 0.191 e. The average Bonchev–Trinajstić information content (AvgIpc) is 2.93. The van der Waals surface area contributed by atoms with Crippen molar-refractivity contribution in [2.24, 2.45) is 4.99 Å². The maximum absolute atomic E-state index is 11.4. The predicted molar refractivity (Wildman–Crippen MR) is 110 cm³/mol. The minimum Gasteiger partial charge on any atom is -0.356 e. The maximum Gasteiger partial charge on any atom is 0.191 e. The highest BCUT2D eigenvalue weighted by Gasteiger charge is 2.20. The molecule has 0 bridgehead atoms. The number of guanidine groups is 1. The topological polar surface area (TPSA) is 86.7 Å². The van der Waals surface area contributed by atoms with Crippen molar-refractivity contribution in [2.75, 3.05) is 51.3 Å². The second-order valence-electron chi connectivity index (χ2n) is 5.53. The number of rotatable bonds is 6. The van der Waals surface area contributed by atoms with Gasteiger partial charge in [0.25, 0.3) is 0 Å². The number of aryl methyl sites for hydroxylation is 1. The summed E-state index contributed by atoms with van der Waals surface area (Å²) in [5.74, 6) is 1.31. The quantitative estimate of drug-likeness (QED) is 0.346. The van der Waals surface area contributed by atoms with Gasteiger partial charge in [0, 0.05) is 51.6 Å². The standard InChI is InChI=1S/C14H25N5O2S2.HI/c1-12-18-13(11-22-12)3-4-16-14(15-2)17-5-6-19-7-9-23(20,21)10-8-19;/h11H,3-10H2,1-2H3,(H2,15,16,17);1H. The zero-order valence-corrected chi connectivity index (χ0v) is 18.1. The summed E-state index contributed by atoms with van der Waals surface area (Å²) in [6, 6.07) is 0. The molecule has 2 heterocycles. The van der Waals surface area contributed by atoms with Crippen LogP contribution in [0.4, 0.5) is 0 Å². The highest BCUT2D eigenvalue weighted by molar-refractivity contribution is 14.0. The lowest BCUT2D eigenvalue weighted by molar-refractivity contribution is 0.299. The van der Waals surface area contributed by atoms with Gasteiger partial charge >= 0.3 is 0 Å². The minimum atomic E-state index is -2.80. The van der Waals surface area contributed by atoms with Crippen molar-refractivity contribution in [1.29, 1.82) is 0 Å². The van der Waals surface area contributed by atoms with E-state index in [0.29, 0.717) is 13.1 Å². The van der Waals surface area contributed by atoms with Crippen LogP contribution in [0.3, 0.4) is 0 Å².